The van der Waals surface area contributed by atoms with Crippen LogP contribution in [-0.2, 0) is 0 Å². The van der Waals surface area contributed by atoms with Crippen LogP contribution in [0.1, 0.15) is 0 Å². The number of rotatable bonds is 4. The third-order valence-electron chi connectivity index (χ3n) is 0.821. The summed E-state index contributed by atoms with van der Waals surface area (Å²) in [7, 11) is 0. The maximum absolute atomic E-state index is 7.64. The number of aliphatic imine (C=N–C) groups is 1. The van der Waals surface area contributed by atoms with Crippen molar-refractivity contribution in [3.05, 3.63) is 0 Å². The third kappa shape index (κ3) is 30.6. The van der Waals surface area contributed by atoms with Crippen molar-refractivity contribution in [3.63, 3.8) is 0 Å². The smallest absolute Gasteiger partial charge is 0.209 e. The Balaban J connectivity index is -0.000000163. The summed E-state index contributed by atoms with van der Waals surface area (Å²) in [5.74, 6) is -0.197. The number of nitrogens with two attached hydrogens (primary N) is 4. The van der Waals surface area contributed by atoms with E-state index in [0.717, 1.165) is 13.1 Å². The molecule has 0 heterocycles. The van der Waals surface area contributed by atoms with Crippen molar-refractivity contribution >= 4 is 18.4 Å². The minimum absolute atomic E-state index is 0. The van der Waals surface area contributed by atoms with E-state index in [-0.39, 0.29) is 18.4 Å². The van der Waals surface area contributed by atoms with Crippen molar-refractivity contribution in [3.8, 4) is 6.19 Å². The number of nitriles is 1. The van der Waals surface area contributed by atoms with Crippen molar-refractivity contribution in [2.75, 3.05) is 26.2 Å². The standard InChI is InChI=1S/C4H13N3.C2H4N4.ClH/c5-1-3-7-4-2-6;3-1-6-2(4)5;/h7H,1-6H2;(H4,4,5,6);1H. The van der Waals surface area contributed by atoms with Gasteiger partial charge in [0.25, 0.3) is 0 Å². The van der Waals surface area contributed by atoms with Crippen LogP contribution >= 0.6 is 12.4 Å². The molecular formula is C6H18ClN7. The second kappa shape index (κ2) is 17.9. The molecule has 0 fully saturated rings. The van der Waals surface area contributed by atoms with Crippen molar-refractivity contribution in [2.24, 2.45) is 27.9 Å². The molecule has 0 unspecified atom stereocenters. The maximum Gasteiger partial charge on any atom is 0.209 e. The van der Waals surface area contributed by atoms with Crippen LogP contribution in [-0.4, -0.2) is 32.1 Å². The van der Waals surface area contributed by atoms with Gasteiger partial charge >= 0.3 is 0 Å². The fourth-order valence-electron chi connectivity index (χ4n) is 0.387. The number of nitrogens with zero attached hydrogens (tertiary/aromatic N) is 2. The minimum atomic E-state index is -0.197. The number of nitrogens with one attached hydrogen (secondary N) is 1. The summed E-state index contributed by atoms with van der Waals surface area (Å²) in [5.41, 5.74) is 19.7. The molecule has 0 aliphatic heterocycles. The van der Waals surface area contributed by atoms with E-state index in [1.165, 1.54) is 6.19 Å². The molecule has 84 valence electrons. The molecule has 0 aromatic heterocycles. The summed E-state index contributed by atoms with van der Waals surface area (Å²) < 4.78 is 0. The lowest BCUT2D eigenvalue weighted by atomic mass is 10.6. The largest absolute Gasteiger partial charge is 0.369 e. The fourth-order valence-corrected chi connectivity index (χ4v) is 0.387. The summed E-state index contributed by atoms with van der Waals surface area (Å²) in [6, 6.07) is 0. The molecule has 8 heteroatoms. The summed E-state index contributed by atoms with van der Waals surface area (Å²) >= 11 is 0. The van der Waals surface area contributed by atoms with Gasteiger partial charge in [-0.1, -0.05) is 0 Å². The first kappa shape index (κ1) is 18.7. The number of guanidine groups is 1. The molecule has 0 aromatic carbocycles. The van der Waals surface area contributed by atoms with Crippen molar-refractivity contribution < 1.29 is 0 Å². The highest BCUT2D eigenvalue weighted by Gasteiger charge is 1.76. The van der Waals surface area contributed by atoms with E-state index in [1.54, 1.807) is 0 Å². The molecule has 0 amide bonds. The molecule has 0 atom stereocenters. The second-order valence-corrected chi connectivity index (χ2v) is 1.96. The highest BCUT2D eigenvalue weighted by molar-refractivity contribution is 5.85. The van der Waals surface area contributed by atoms with E-state index < -0.39 is 0 Å². The SMILES string of the molecule is Cl.N#CN=C(N)N.NCCNCCN. The van der Waals surface area contributed by atoms with Crippen LogP contribution in [0.4, 0.5) is 0 Å². The molecule has 7 nitrogen and oxygen atoms in total. The third-order valence-corrected chi connectivity index (χ3v) is 0.821. The number of hydrogen-bond acceptors (Lipinski definition) is 5. The van der Waals surface area contributed by atoms with Crippen LogP contribution in [0.3, 0.4) is 0 Å². The molecule has 0 radical (unpaired) electrons. The Hall–Kier alpha value is -1.07. The Labute approximate surface area is 89.9 Å². The van der Waals surface area contributed by atoms with Gasteiger partial charge in [-0.05, 0) is 0 Å². The summed E-state index contributed by atoms with van der Waals surface area (Å²) in [5, 5.41) is 10.7. The maximum atomic E-state index is 7.64. The molecular weight excluding hydrogens is 206 g/mol. The normalized spacial score (nSPS) is 7.21. The Morgan fingerprint density at radius 1 is 1.21 bits per heavy atom. The van der Waals surface area contributed by atoms with E-state index in [9.17, 15) is 0 Å². The van der Waals surface area contributed by atoms with Gasteiger partial charge < -0.3 is 28.3 Å². The molecule has 0 rings (SSSR count). The molecule has 0 aliphatic rings. The van der Waals surface area contributed by atoms with Crippen LogP contribution in [0.5, 0.6) is 0 Å². The van der Waals surface area contributed by atoms with Gasteiger partial charge in [0.15, 0.2) is 0 Å². The number of halogens is 1. The average molecular weight is 224 g/mol. The lowest BCUT2D eigenvalue weighted by Gasteiger charge is -1.95. The van der Waals surface area contributed by atoms with Crippen LogP contribution in [0.15, 0.2) is 4.99 Å². The Morgan fingerprint density at radius 2 is 1.64 bits per heavy atom. The second-order valence-electron chi connectivity index (χ2n) is 1.96. The average Bonchev–Trinajstić information content (AvgIpc) is 2.06. The molecule has 9 N–H and O–H groups in total. The van der Waals surface area contributed by atoms with Gasteiger partial charge in [-0.3, -0.25) is 0 Å². The summed E-state index contributed by atoms with van der Waals surface area (Å²) in [6.07, 6.45) is 1.41. The molecule has 14 heavy (non-hydrogen) atoms. The van der Waals surface area contributed by atoms with Gasteiger partial charge in [0.05, 0.1) is 0 Å². The highest BCUT2D eigenvalue weighted by atomic mass is 35.5. The topological polar surface area (TPSA) is 152 Å². The molecule has 0 saturated heterocycles. The fraction of sp³-hybridized carbons (Fsp3) is 0.667. The van der Waals surface area contributed by atoms with E-state index in [4.69, 9.17) is 28.2 Å². The summed E-state index contributed by atoms with van der Waals surface area (Å²) in [4.78, 5) is 2.90. The van der Waals surface area contributed by atoms with E-state index >= 15 is 0 Å². The van der Waals surface area contributed by atoms with E-state index in [2.05, 4.69) is 10.3 Å². The lowest BCUT2D eigenvalue weighted by Crippen LogP contribution is -2.27. The quantitative estimate of drug-likeness (QED) is 0.156. The van der Waals surface area contributed by atoms with Crippen molar-refractivity contribution in [1.82, 2.24) is 5.32 Å². The van der Waals surface area contributed by atoms with Crippen LogP contribution < -0.4 is 28.3 Å². The van der Waals surface area contributed by atoms with Gasteiger partial charge in [-0.2, -0.15) is 5.26 Å². The van der Waals surface area contributed by atoms with Crippen molar-refractivity contribution in [1.29, 1.82) is 5.26 Å². The first-order valence-corrected chi connectivity index (χ1v) is 3.77. The zero-order valence-corrected chi connectivity index (χ0v) is 8.76. The Morgan fingerprint density at radius 3 is 1.79 bits per heavy atom. The zero-order valence-electron chi connectivity index (χ0n) is 7.94. The molecule has 0 saturated carbocycles. The highest BCUT2D eigenvalue weighted by Crippen LogP contribution is 1.50. The first-order chi connectivity index (χ1) is 6.18. The molecule has 0 bridgehead atoms. The lowest BCUT2D eigenvalue weighted by molar-refractivity contribution is 0.696. The zero-order chi connectivity index (χ0) is 10.5. The molecule has 0 spiro atoms. The predicted octanol–water partition coefficient (Wildman–Crippen LogP) is -2.34. The minimum Gasteiger partial charge on any atom is -0.369 e. The van der Waals surface area contributed by atoms with Crippen LogP contribution in [0.2, 0.25) is 0 Å². The van der Waals surface area contributed by atoms with Crippen molar-refractivity contribution in [2.45, 2.75) is 0 Å². The van der Waals surface area contributed by atoms with Crippen LogP contribution in [0.25, 0.3) is 0 Å². The van der Waals surface area contributed by atoms with Gasteiger partial charge in [0.1, 0.15) is 0 Å². The first-order valence-electron chi connectivity index (χ1n) is 3.77. The Kier molecular flexibility index (Phi) is 23.8. The molecule has 0 aromatic rings. The predicted molar refractivity (Wildman–Crippen MR) is 59.6 cm³/mol. The number of hydrogen-bond donors (Lipinski definition) is 5. The van der Waals surface area contributed by atoms with Gasteiger partial charge in [-0.25, -0.2) is 0 Å². The van der Waals surface area contributed by atoms with Crippen LogP contribution in [0, 0.1) is 11.5 Å². The monoisotopic (exact) mass is 223 g/mol. The molecule has 0 aliphatic carbocycles. The van der Waals surface area contributed by atoms with E-state index in [0.29, 0.717) is 13.1 Å². The van der Waals surface area contributed by atoms with E-state index in [1.807, 2.05) is 0 Å². The summed E-state index contributed by atoms with van der Waals surface area (Å²) in [6.45, 7) is 3.13. The van der Waals surface area contributed by atoms with Gasteiger partial charge in [0, 0.05) is 26.2 Å². The van der Waals surface area contributed by atoms with Gasteiger partial charge in [0.2, 0.25) is 12.2 Å². The van der Waals surface area contributed by atoms with Gasteiger partial charge in [-0.15, -0.1) is 17.4 Å². The Bertz CT molecular complexity index is 156.